The molecule has 0 fully saturated rings. The van der Waals surface area contributed by atoms with Crippen LogP contribution in [0.2, 0.25) is 0 Å². The van der Waals surface area contributed by atoms with Crippen LogP contribution in [0.3, 0.4) is 0 Å². The van der Waals surface area contributed by atoms with Crippen molar-refractivity contribution in [3.8, 4) is 5.75 Å². The normalized spacial score (nSPS) is 12.0. The number of nitrogens with one attached hydrogen (secondary N) is 1. The predicted molar refractivity (Wildman–Crippen MR) is 97.5 cm³/mol. The van der Waals surface area contributed by atoms with Crippen molar-refractivity contribution in [3.05, 3.63) is 59.4 Å². The molecule has 0 radical (unpaired) electrons. The van der Waals surface area contributed by atoms with Gasteiger partial charge in [0.15, 0.2) is 0 Å². The summed E-state index contributed by atoms with van der Waals surface area (Å²) in [5.74, 6) is 0.742. The molecule has 25 heavy (non-hydrogen) atoms. The summed E-state index contributed by atoms with van der Waals surface area (Å²) in [6.07, 6.45) is 1.83. The Labute approximate surface area is 149 Å². The number of ether oxygens (including phenoxy) is 1. The molecular formula is C20H26N2O3. The van der Waals surface area contributed by atoms with Crippen molar-refractivity contribution >= 4 is 5.91 Å². The number of benzene rings is 1. The van der Waals surface area contributed by atoms with Crippen LogP contribution in [0.15, 0.2) is 42.6 Å². The molecule has 0 saturated carbocycles. The summed E-state index contributed by atoms with van der Waals surface area (Å²) >= 11 is 0. The number of aryl methyl sites for hydroxylation is 1. The lowest BCUT2D eigenvalue weighted by atomic mass is 10.0. The molecule has 1 atom stereocenters. The molecule has 0 aliphatic heterocycles. The summed E-state index contributed by atoms with van der Waals surface area (Å²) in [6.45, 7) is 6.66. The van der Waals surface area contributed by atoms with Gasteiger partial charge in [0, 0.05) is 17.8 Å². The molecule has 1 aromatic carbocycles. The fourth-order valence-electron chi connectivity index (χ4n) is 2.28. The van der Waals surface area contributed by atoms with Crippen LogP contribution in [0, 0.1) is 12.8 Å². The Morgan fingerprint density at radius 2 is 2.08 bits per heavy atom. The van der Waals surface area contributed by atoms with Crippen LogP contribution < -0.4 is 10.1 Å². The van der Waals surface area contributed by atoms with Crippen molar-refractivity contribution < 1.29 is 14.6 Å². The number of aliphatic hydroxyl groups excluding tert-OH is 1. The standard InChI is InChI=1S/C20H26N2O3/c1-14(2)19(23)9-10-21-20(24)17-6-4-5-16(11-17)13-25-18-8-7-15(3)22-12-18/h4-8,11-12,14,19,23H,9-10,13H2,1-3H3,(H,21,24). The molecule has 1 heterocycles. The summed E-state index contributed by atoms with van der Waals surface area (Å²) in [5, 5.41) is 12.6. The van der Waals surface area contributed by atoms with Gasteiger partial charge in [0.25, 0.3) is 5.91 Å². The lowest BCUT2D eigenvalue weighted by molar-refractivity contribution is 0.0920. The monoisotopic (exact) mass is 342 g/mol. The van der Waals surface area contributed by atoms with Crippen molar-refractivity contribution in [2.75, 3.05) is 6.54 Å². The molecule has 5 nitrogen and oxygen atoms in total. The van der Waals surface area contributed by atoms with E-state index < -0.39 is 6.10 Å². The van der Waals surface area contributed by atoms with Gasteiger partial charge in [-0.25, -0.2) is 0 Å². The topological polar surface area (TPSA) is 71.5 Å². The van der Waals surface area contributed by atoms with Gasteiger partial charge < -0.3 is 15.2 Å². The van der Waals surface area contributed by atoms with Gasteiger partial charge in [-0.1, -0.05) is 26.0 Å². The van der Waals surface area contributed by atoms with Crippen molar-refractivity contribution in [1.29, 1.82) is 0 Å². The number of aliphatic hydroxyl groups is 1. The molecule has 0 aliphatic carbocycles. The van der Waals surface area contributed by atoms with Gasteiger partial charge in [-0.15, -0.1) is 0 Å². The van der Waals surface area contributed by atoms with Gasteiger partial charge in [-0.2, -0.15) is 0 Å². The van der Waals surface area contributed by atoms with Crippen LogP contribution in [0.5, 0.6) is 5.75 Å². The first-order chi connectivity index (χ1) is 12.0. The lowest BCUT2D eigenvalue weighted by Crippen LogP contribution is -2.28. The molecule has 0 bridgehead atoms. The van der Waals surface area contributed by atoms with Gasteiger partial charge >= 0.3 is 0 Å². The van der Waals surface area contributed by atoms with Crippen LogP contribution in [-0.2, 0) is 6.61 Å². The number of carbonyl (C=O) groups excluding carboxylic acids is 1. The summed E-state index contributed by atoms with van der Waals surface area (Å²) in [7, 11) is 0. The fourth-order valence-corrected chi connectivity index (χ4v) is 2.28. The first kappa shape index (κ1) is 18.9. The molecular weight excluding hydrogens is 316 g/mol. The molecule has 0 aliphatic rings. The quantitative estimate of drug-likeness (QED) is 0.773. The van der Waals surface area contributed by atoms with E-state index in [1.807, 2.05) is 51.1 Å². The smallest absolute Gasteiger partial charge is 0.251 e. The number of pyridine rings is 1. The Kier molecular flexibility index (Phi) is 6.95. The molecule has 0 saturated heterocycles. The fraction of sp³-hybridized carbons (Fsp3) is 0.400. The number of amides is 1. The van der Waals surface area contributed by atoms with E-state index in [-0.39, 0.29) is 11.8 Å². The third-order valence-corrected chi connectivity index (χ3v) is 3.97. The molecule has 2 aromatic rings. The average Bonchev–Trinajstić information content (AvgIpc) is 2.61. The first-order valence-corrected chi connectivity index (χ1v) is 8.56. The zero-order valence-electron chi connectivity index (χ0n) is 15.0. The molecule has 1 aromatic heterocycles. The third-order valence-electron chi connectivity index (χ3n) is 3.97. The van der Waals surface area contributed by atoms with Crippen LogP contribution in [0.25, 0.3) is 0 Å². The number of nitrogens with zero attached hydrogens (tertiary/aromatic N) is 1. The maximum Gasteiger partial charge on any atom is 0.251 e. The average molecular weight is 342 g/mol. The second-order valence-electron chi connectivity index (χ2n) is 6.48. The summed E-state index contributed by atoms with van der Waals surface area (Å²) < 4.78 is 5.69. The molecule has 0 spiro atoms. The van der Waals surface area contributed by atoms with Crippen molar-refractivity contribution in [1.82, 2.24) is 10.3 Å². The van der Waals surface area contributed by atoms with E-state index in [2.05, 4.69) is 10.3 Å². The summed E-state index contributed by atoms with van der Waals surface area (Å²) in [6, 6.07) is 11.1. The van der Waals surface area contributed by atoms with Crippen LogP contribution >= 0.6 is 0 Å². The largest absolute Gasteiger partial charge is 0.487 e. The third kappa shape index (κ3) is 6.19. The Morgan fingerprint density at radius 1 is 1.28 bits per heavy atom. The zero-order chi connectivity index (χ0) is 18.2. The van der Waals surface area contributed by atoms with E-state index in [9.17, 15) is 9.90 Å². The highest BCUT2D eigenvalue weighted by molar-refractivity contribution is 5.94. The second-order valence-corrected chi connectivity index (χ2v) is 6.48. The minimum atomic E-state index is -0.400. The zero-order valence-corrected chi connectivity index (χ0v) is 15.0. The predicted octanol–water partition coefficient (Wildman–Crippen LogP) is 3.11. The van der Waals surface area contributed by atoms with Crippen LogP contribution in [0.4, 0.5) is 0 Å². The van der Waals surface area contributed by atoms with Crippen molar-refractivity contribution in [3.63, 3.8) is 0 Å². The number of aromatic nitrogens is 1. The minimum Gasteiger partial charge on any atom is -0.487 e. The van der Waals surface area contributed by atoms with Crippen molar-refractivity contribution in [2.24, 2.45) is 5.92 Å². The molecule has 5 heteroatoms. The van der Waals surface area contributed by atoms with Gasteiger partial charge in [0.05, 0.1) is 12.3 Å². The maximum absolute atomic E-state index is 12.2. The highest BCUT2D eigenvalue weighted by atomic mass is 16.5. The SMILES string of the molecule is Cc1ccc(OCc2cccc(C(=O)NCCC(O)C(C)C)c2)cn1. The molecule has 2 N–H and O–H groups in total. The number of rotatable bonds is 8. The van der Waals surface area contributed by atoms with E-state index in [0.717, 1.165) is 11.3 Å². The van der Waals surface area contributed by atoms with Crippen LogP contribution in [-0.4, -0.2) is 28.6 Å². The molecule has 2 rings (SSSR count). The Balaban J connectivity index is 1.87. The van der Waals surface area contributed by atoms with Gasteiger partial charge in [-0.3, -0.25) is 9.78 Å². The Hall–Kier alpha value is -2.40. The summed E-state index contributed by atoms with van der Waals surface area (Å²) in [4.78, 5) is 16.4. The molecule has 1 unspecified atom stereocenters. The number of hydrogen-bond acceptors (Lipinski definition) is 4. The second kappa shape index (κ2) is 9.18. The highest BCUT2D eigenvalue weighted by Gasteiger charge is 2.11. The number of hydrogen-bond donors (Lipinski definition) is 2. The van der Waals surface area contributed by atoms with E-state index in [4.69, 9.17) is 4.74 Å². The van der Waals surface area contributed by atoms with E-state index in [1.165, 1.54) is 0 Å². The first-order valence-electron chi connectivity index (χ1n) is 8.56. The van der Waals surface area contributed by atoms with E-state index >= 15 is 0 Å². The van der Waals surface area contributed by atoms with Gasteiger partial charge in [-0.05, 0) is 49.1 Å². The molecule has 1 amide bonds. The number of carbonyl (C=O) groups is 1. The van der Waals surface area contributed by atoms with Crippen LogP contribution in [0.1, 0.15) is 41.9 Å². The van der Waals surface area contributed by atoms with Gasteiger partial charge in [0.1, 0.15) is 12.4 Å². The summed E-state index contributed by atoms with van der Waals surface area (Å²) in [5.41, 5.74) is 2.44. The van der Waals surface area contributed by atoms with E-state index in [1.54, 1.807) is 12.3 Å². The molecule has 134 valence electrons. The highest BCUT2D eigenvalue weighted by Crippen LogP contribution is 2.13. The minimum absolute atomic E-state index is 0.144. The van der Waals surface area contributed by atoms with Gasteiger partial charge in [0.2, 0.25) is 0 Å². The lowest BCUT2D eigenvalue weighted by Gasteiger charge is -2.14. The Morgan fingerprint density at radius 3 is 2.76 bits per heavy atom. The van der Waals surface area contributed by atoms with E-state index in [0.29, 0.717) is 30.9 Å². The Bertz CT molecular complexity index is 684. The van der Waals surface area contributed by atoms with Crippen molar-refractivity contribution in [2.45, 2.75) is 39.9 Å². The maximum atomic E-state index is 12.2.